The van der Waals surface area contributed by atoms with Crippen LogP contribution in [0.15, 0.2) is 48.5 Å². The maximum Gasteiger partial charge on any atom is 0.326 e. The number of nitrogens with one attached hydrogen (secondary N) is 2. The number of hydrogen-bond acceptors (Lipinski definition) is 6. The Kier molecular flexibility index (Phi) is 6.10. The van der Waals surface area contributed by atoms with Crippen molar-refractivity contribution in [1.82, 2.24) is 9.44 Å². The molecular formula is C18H21N3O6S2. The summed E-state index contributed by atoms with van der Waals surface area (Å²) in [5.41, 5.74) is 1.42. The van der Waals surface area contributed by atoms with Crippen LogP contribution in [0.2, 0.25) is 0 Å². The van der Waals surface area contributed by atoms with Gasteiger partial charge in [-0.1, -0.05) is 36.4 Å². The van der Waals surface area contributed by atoms with Gasteiger partial charge in [0, 0.05) is 6.54 Å². The van der Waals surface area contributed by atoms with Crippen molar-refractivity contribution in [2.24, 2.45) is 0 Å². The lowest BCUT2D eigenvalue weighted by molar-refractivity contribution is -0.117. The Morgan fingerprint density at radius 2 is 1.83 bits per heavy atom. The maximum absolute atomic E-state index is 12.1. The molecule has 1 amide bonds. The lowest BCUT2D eigenvalue weighted by Crippen LogP contribution is -2.29. The highest BCUT2D eigenvalue weighted by Crippen LogP contribution is 2.31. The molecule has 1 aliphatic heterocycles. The van der Waals surface area contributed by atoms with Crippen molar-refractivity contribution in [3.8, 4) is 5.75 Å². The summed E-state index contributed by atoms with van der Waals surface area (Å²) in [6.07, 6.45) is 0.973. The number of aromatic hydroxyl groups is 1. The average Bonchev–Trinajstić information content (AvgIpc) is 2.91. The van der Waals surface area contributed by atoms with Crippen LogP contribution in [0.4, 0.5) is 5.69 Å². The second-order valence-corrected chi connectivity index (χ2v) is 10.0. The summed E-state index contributed by atoms with van der Waals surface area (Å²) in [5, 5.41) is 10.2. The standard InChI is InChI=1S/C18H21N3O6S2/c22-17-11-14(8-9-16(17)21-12-18(23)20-29(21,26)27)7-4-10-19-28(24,25)13-15-5-2-1-3-6-15/h1-3,5-6,8-9,11,19,22H,4,7,10,12-13H2,(H,20,23). The van der Waals surface area contributed by atoms with Crippen molar-refractivity contribution in [2.45, 2.75) is 18.6 Å². The van der Waals surface area contributed by atoms with Crippen molar-refractivity contribution < 1.29 is 26.7 Å². The zero-order chi connectivity index (χ0) is 21.1. The molecule has 2 aromatic carbocycles. The van der Waals surface area contributed by atoms with Crippen molar-refractivity contribution >= 4 is 31.8 Å². The second-order valence-electron chi connectivity index (χ2n) is 6.60. The minimum absolute atomic E-state index is 0.00987. The Hall–Kier alpha value is -2.63. The van der Waals surface area contributed by atoms with Crippen molar-refractivity contribution in [2.75, 3.05) is 17.4 Å². The van der Waals surface area contributed by atoms with E-state index in [1.165, 1.54) is 12.1 Å². The number of carbonyl (C=O) groups excluding carboxylic acids is 1. The molecule has 0 spiro atoms. The van der Waals surface area contributed by atoms with Crippen LogP contribution >= 0.6 is 0 Å². The Labute approximate surface area is 169 Å². The lowest BCUT2D eigenvalue weighted by atomic mass is 10.1. The van der Waals surface area contributed by atoms with E-state index >= 15 is 0 Å². The van der Waals surface area contributed by atoms with Crippen LogP contribution in [0.1, 0.15) is 17.5 Å². The predicted octanol–water partition coefficient (Wildman–Crippen LogP) is 0.625. The number of phenolic OH excluding ortho intramolecular Hbond substituents is 1. The highest BCUT2D eigenvalue weighted by molar-refractivity contribution is 7.92. The molecular weight excluding hydrogens is 418 g/mol. The lowest BCUT2D eigenvalue weighted by Gasteiger charge is -2.16. The van der Waals surface area contributed by atoms with Crippen molar-refractivity contribution in [3.63, 3.8) is 0 Å². The number of carbonyl (C=O) groups is 1. The van der Waals surface area contributed by atoms with E-state index in [9.17, 15) is 26.7 Å². The molecule has 1 heterocycles. The van der Waals surface area contributed by atoms with Crippen LogP contribution < -0.4 is 13.7 Å². The van der Waals surface area contributed by atoms with E-state index in [1.54, 1.807) is 30.3 Å². The average molecular weight is 440 g/mol. The summed E-state index contributed by atoms with van der Waals surface area (Å²) in [6, 6.07) is 13.3. The van der Waals surface area contributed by atoms with Gasteiger partial charge in [-0.3, -0.25) is 4.79 Å². The molecule has 11 heteroatoms. The van der Waals surface area contributed by atoms with E-state index < -0.39 is 32.7 Å². The van der Waals surface area contributed by atoms with Crippen LogP contribution in [0.25, 0.3) is 0 Å². The zero-order valence-electron chi connectivity index (χ0n) is 15.4. The maximum atomic E-state index is 12.1. The number of aryl methyl sites for hydroxylation is 1. The van der Waals surface area contributed by atoms with Gasteiger partial charge in [-0.15, -0.1) is 0 Å². The second kappa shape index (κ2) is 8.39. The molecule has 0 saturated carbocycles. The molecule has 0 atom stereocenters. The molecule has 156 valence electrons. The Morgan fingerprint density at radius 1 is 1.10 bits per heavy atom. The molecule has 1 fully saturated rings. The molecule has 0 unspecified atom stereocenters. The van der Waals surface area contributed by atoms with Crippen LogP contribution in [-0.4, -0.2) is 40.9 Å². The molecule has 3 N–H and O–H groups in total. The van der Waals surface area contributed by atoms with E-state index in [1.807, 2.05) is 10.8 Å². The van der Waals surface area contributed by atoms with Crippen LogP contribution in [0, 0.1) is 0 Å². The third-order valence-corrected chi connectivity index (χ3v) is 7.04. The van der Waals surface area contributed by atoms with Crippen molar-refractivity contribution in [3.05, 3.63) is 59.7 Å². The highest BCUT2D eigenvalue weighted by Gasteiger charge is 2.35. The van der Waals surface area contributed by atoms with E-state index in [0.717, 1.165) is 4.31 Å². The minimum atomic E-state index is -3.99. The minimum Gasteiger partial charge on any atom is -0.506 e. The summed E-state index contributed by atoms with van der Waals surface area (Å²) in [5.74, 6) is -1.04. The molecule has 9 nitrogen and oxygen atoms in total. The van der Waals surface area contributed by atoms with Crippen LogP contribution in [0.3, 0.4) is 0 Å². The monoisotopic (exact) mass is 439 g/mol. The summed E-state index contributed by atoms with van der Waals surface area (Å²) in [4.78, 5) is 11.3. The third kappa shape index (κ3) is 5.46. The first-order chi connectivity index (χ1) is 13.7. The zero-order valence-corrected chi connectivity index (χ0v) is 17.0. The number of benzene rings is 2. The number of amides is 1. The highest BCUT2D eigenvalue weighted by atomic mass is 32.2. The molecule has 1 aliphatic rings. The molecule has 0 radical (unpaired) electrons. The SMILES string of the molecule is O=C1CN(c2ccc(CCCNS(=O)(=O)Cc3ccccc3)cc2O)S(=O)(=O)N1. The predicted molar refractivity (Wildman–Crippen MR) is 108 cm³/mol. The van der Waals surface area contributed by atoms with Gasteiger partial charge in [0.1, 0.15) is 12.3 Å². The Balaban J connectivity index is 1.54. The fourth-order valence-corrected chi connectivity index (χ4v) is 5.31. The fraction of sp³-hybridized carbons (Fsp3) is 0.278. The Bertz CT molecular complexity index is 1100. The summed E-state index contributed by atoms with van der Waals surface area (Å²) < 4.78 is 53.1. The molecule has 0 aliphatic carbocycles. The first kappa shape index (κ1) is 21.1. The number of hydrogen-bond donors (Lipinski definition) is 3. The molecule has 29 heavy (non-hydrogen) atoms. The molecule has 0 aromatic heterocycles. The molecule has 1 saturated heterocycles. The van der Waals surface area contributed by atoms with E-state index in [2.05, 4.69) is 4.72 Å². The smallest absolute Gasteiger partial charge is 0.326 e. The van der Waals surface area contributed by atoms with Gasteiger partial charge in [-0.05, 0) is 36.1 Å². The van der Waals surface area contributed by atoms with Gasteiger partial charge in [-0.25, -0.2) is 22.2 Å². The quantitative estimate of drug-likeness (QED) is 0.517. The van der Waals surface area contributed by atoms with Gasteiger partial charge in [0.15, 0.2) is 0 Å². The summed E-state index contributed by atoms with van der Waals surface area (Å²) in [7, 11) is -7.44. The number of rotatable bonds is 8. The van der Waals surface area contributed by atoms with Crippen molar-refractivity contribution in [1.29, 1.82) is 0 Å². The fourth-order valence-electron chi connectivity index (χ4n) is 2.96. The number of nitrogens with zero attached hydrogens (tertiary/aromatic N) is 1. The molecule has 2 aromatic rings. The van der Waals surface area contributed by atoms with E-state index in [4.69, 9.17) is 0 Å². The topological polar surface area (TPSA) is 133 Å². The normalized spacial score (nSPS) is 16.0. The third-order valence-electron chi connectivity index (χ3n) is 4.29. The number of anilines is 1. The van der Waals surface area contributed by atoms with Gasteiger partial charge in [0.25, 0.3) is 5.91 Å². The summed E-state index contributed by atoms with van der Waals surface area (Å²) in [6.45, 7) is -0.158. The van der Waals surface area contributed by atoms with Gasteiger partial charge in [0.05, 0.1) is 11.4 Å². The van der Waals surface area contributed by atoms with Crippen LogP contribution in [-0.2, 0) is 37.2 Å². The van der Waals surface area contributed by atoms with Gasteiger partial charge >= 0.3 is 10.2 Å². The first-order valence-electron chi connectivity index (χ1n) is 8.83. The van der Waals surface area contributed by atoms with Crippen LogP contribution in [0.5, 0.6) is 5.75 Å². The van der Waals surface area contributed by atoms with E-state index in [0.29, 0.717) is 24.0 Å². The van der Waals surface area contributed by atoms with E-state index in [-0.39, 0.29) is 23.7 Å². The molecule has 0 bridgehead atoms. The van der Waals surface area contributed by atoms with Gasteiger partial charge in [-0.2, -0.15) is 8.42 Å². The summed E-state index contributed by atoms with van der Waals surface area (Å²) >= 11 is 0. The number of phenols is 1. The van der Waals surface area contributed by atoms with Gasteiger partial charge < -0.3 is 5.11 Å². The first-order valence-corrected chi connectivity index (χ1v) is 11.9. The van der Waals surface area contributed by atoms with Gasteiger partial charge in [0.2, 0.25) is 10.0 Å². The largest absolute Gasteiger partial charge is 0.506 e. The number of sulfonamides is 1. The molecule has 3 rings (SSSR count). The Morgan fingerprint density at radius 3 is 2.45 bits per heavy atom.